The fraction of sp³-hybridized carbons (Fsp3) is 0.444. The first-order chi connectivity index (χ1) is 5.79. The van der Waals surface area contributed by atoms with Crippen LogP contribution in [0.4, 0.5) is 0 Å². The lowest BCUT2D eigenvalue weighted by Crippen LogP contribution is -2.21. The van der Waals surface area contributed by atoms with E-state index >= 15 is 0 Å². The molecular weight excluding hydrogens is 283 g/mol. The first-order valence-corrected chi connectivity index (χ1v) is 6.02. The van der Waals surface area contributed by atoms with Crippen LogP contribution in [0.25, 0.3) is 0 Å². The molecule has 64 valence electrons. The molecule has 1 aromatic heterocycles. The molecule has 1 aromatic rings. The van der Waals surface area contributed by atoms with E-state index in [-0.39, 0.29) is 0 Å². The quantitative estimate of drug-likeness (QED) is 0.603. The molecule has 0 bridgehead atoms. The number of carbonyl (C=O) groups excluding carboxylic acids is 1. The van der Waals surface area contributed by atoms with E-state index in [4.69, 9.17) is 0 Å². The number of ketones is 1. The highest BCUT2D eigenvalue weighted by molar-refractivity contribution is 14.1. The van der Waals surface area contributed by atoms with E-state index in [1.165, 1.54) is 6.42 Å². The zero-order chi connectivity index (χ0) is 8.55. The van der Waals surface area contributed by atoms with E-state index in [9.17, 15) is 4.79 Å². The number of halogens is 1. The van der Waals surface area contributed by atoms with Crippen molar-refractivity contribution in [3.8, 4) is 0 Å². The molecule has 0 amide bonds. The summed E-state index contributed by atoms with van der Waals surface area (Å²) in [5, 5.41) is 1.99. The van der Waals surface area contributed by atoms with Gasteiger partial charge in [-0.3, -0.25) is 4.79 Å². The second kappa shape index (κ2) is 3.46. The van der Waals surface area contributed by atoms with Gasteiger partial charge < -0.3 is 0 Å². The van der Waals surface area contributed by atoms with Crippen LogP contribution < -0.4 is 0 Å². The van der Waals surface area contributed by atoms with E-state index in [1.54, 1.807) is 11.3 Å². The highest BCUT2D eigenvalue weighted by Gasteiger charge is 2.27. The molecule has 0 unspecified atom stereocenters. The van der Waals surface area contributed by atoms with Gasteiger partial charge in [0, 0.05) is 9.49 Å². The Morgan fingerprint density at radius 3 is 2.75 bits per heavy atom. The van der Waals surface area contributed by atoms with Gasteiger partial charge in [-0.05, 0) is 46.9 Å². The van der Waals surface area contributed by atoms with Crippen LogP contribution in [0.5, 0.6) is 0 Å². The Labute approximate surface area is 89.3 Å². The van der Waals surface area contributed by atoms with Crippen LogP contribution in [0.15, 0.2) is 11.4 Å². The second-order valence-electron chi connectivity index (χ2n) is 3.09. The Morgan fingerprint density at radius 2 is 2.33 bits per heavy atom. The smallest absolute Gasteiger partial charge is 0.176 e. The van der Waals surface area contributed by atoms with Crippen LogP contribution in [0.1, 0.15) is 28.9 Å². The average Bonchev–Trinajstić information content (AvgIpc) is 2.31. The lowest BCUT2D eigenvalue weighted by molar-refractivity contribution is 0.0859. The molecule has 0 N–H and O–H groups in total. The van der Waals surface area contributed by atoms with Crippen molar-refractivity contribution in [3.05, 3.63) is 19.9 Å². The molecule has 1 aliphatic rings. The van der Waals surface area contributed by atoms with Crippen molar-refractivity contribution in [2.45, 2.75) is 19.3 Å². The summed E-state index contributed by atoms with van der Waals surface area (Å²) in [6, 6.07) is 2.01. The summed E-state index contributed by atoms with van der Waals surface area (Å²) in [5.41, 5.74) is 0. The molecule has 1 heterocycles. The number of thiophene rings is 1. The van der Waals surface area contributed by atoms with Crippen molar-refractivity contribution in [1.82, 2.24) is 0 Å². The molecule has 2 rings (SSSR count). The van der Waals surface area contributed by atoms with Crippen LogP contribution in [0.2, 0.25) is 0 Å². The number of hydrogen-bond acceptors (Lipinski definition) is 2. The third kappa shape index (κ3) is 1.44. The molecule has 0 spiro atoms. The van der Waals surface area contributed by atoms with Crippen LogP contribution >= 0.6 is 33.9 Å². The van der Waals surface area contributed by atoms with E-state index < -0.39 is 0 Å². The molecule has 1 nitrogen and oxygen atoms in total. The number of Topliss-reactive ketones (excluding diaryl/α,β-unsaturated/α-hetero) is 1. The Hall–Kier alpha value is 0.100. The standard InChI is InChI=1S/C9H9IOS/c10-7-4-5-12-9(7)8(11)6-2-1-3-6/h4-6H,1-3H2. The summed E-state index contributed by atoms with van der Waals surface area (Å²) in [5.74, 6) is 0.720. The number of hydrogen-bond donors (Lipinski definition) is 0. The molecule has 0 atom stereocenters. The van der Waals surface area contributed by atoms with Crippen LogP contribution in [0, 0.1) is 9.49 Å². The summed E-state index contributed by atoms with van der Waals surface area (Å²) >= 11 is 3.81. The van der Waals surface area contributed by atoms with Crippen molar-refractivity contribution in [3.63, 3.8) is 0 Å². The number of carbonyl (C=O) groups is 1. The second-order valence-corrected chi connectivity index (χ2v) is 5.17. The topological polar surface area (TPSA) is 17.1 Å². The molecule has 0 radical (unpaired) electrons. The van der Waals surface area contributed by atoms with E-state index in [0.717, 1.165) is 21.3 Å². The Morgan fingerprint density at radius 1 is 1.58 bits per heavy atom. The minimum Gasteiger partial charge on any atom is -0.293 e. The van der Waals surface area contributed by atoms with Crippen molar-refractivity contribution in [2.75, 3.05) is 0 Å². The number of rotatable bonds is 2. The molecule has 0 saturated heterocycles. The molecule has 1 saturated carbocycles. The van der Waals surface area contributed by atoms with E-state index in [0.29, 0.717) is 11.7 Å². The highest BCUT2D eigenvalue weighted by Crippen LogP contribution is 2.32. The van der Waals surface area contributed by atoms with Gasteiger partial charge in [-0.1, -0.05) is 6.42 Å². The van der Waals surface area contributed by atoms with Crippen molar-refractivity contribution >= 4 is 39.7 Å². The van der Waals surface area contributed by atoms with Gasteiger partial charge in [0.15, 0.2) is 5.78 Å². The van der Waals surface area contributed by atoms with E-state index in [2.05, 4.69) is 22.6 Å². The molecule has 0 aromatic carbocycles. The fourth-order valence-electron chi connectivity index (χ4n) is 1.33. The Balaban J connectivity index is 2.19. The zero-order valence-electron chi connectivity index (χ0n) is 6.55. The van der Waals surface area contributed by atoms with Gasteiger partial charge in [-0.25, -0.2) is 0 Å². The van der Waals surface area contributed by atoms with Gasteiger partial charge in [0.2, 0.25) is 0 Å². The van der Waals surface area contributed by atoms with Crippen LogP contribution in [-0.2, 0) is 0 Å². The Bertz CT molecular complexity index is 301. The summed E-state index contributed by atoms with van der Waals surface area (Å²) in [6.07, 6.45) is 3.44. The monoisotopic (exact) mass is 292 g/mol. The normalized spacial score (nSPS) is 17.4. The predicted octanol–water partition coefficient (Wildman–Crippen LogP) is 3.34. The first kappa shape index (κ1) is 8.69. The minimum absolute atomic E-state index is 0.345. The molecule has 0 aliphatic heterocycles. The highest BCUT2D eigenvalue weighted by atomic mass is 127. The van der Waals surface area contributed by atoms with Crippen molar-refractivity contribution < 1.29 is 4.79 Å². The maximum atomic E-state index is 11.7. The SMILES string of the molecule is O=C(c1sccc1I)C1CCC1. The van der Waals surface area contributed by atoms with Crippen LogP contribution in [0.3, 0.4) is 0 Å². The van der Waals surface area contributed by atoms with Gasteiger partial charge >= 0.3 is 0 Å². The summed E-state index contributed by atoms with van der Waals surface area (Å²) in [6.45, 7) is 0. The maximum absolute atomic E-state index is 11.7. The third-order valence-corrected chi connectivity index (χ3v) is 4.51. The minimum atomic E-state index is 0.345. The largest absolute Gasteiger partial charge is 0.293 e. The molecular formula is C9H9IOS. The molecule has 1 fully saturated rings. The van der Waals surface area contributed by atoms with Gasteiger partial charge in [0.05, 0.1) is 4.88 Å². The third-order valence-electron chi connectivity index (χ3n) is 2.32. The zero-order valence-corrected chi connectivity index (χ0v) is 9.52. The molecule has 12 heavy (non-hydrogen) atoms. The van der Waals surface area contributed by atoms with Gasteiger partial charge in [-0.15, -0.1) is 11.3 Å². The van der Waals surface area contributed by atoms with Crippen molar-refractivity contribution in [2.24, 2.45) is 5.92 Å². The summed E-state index contributed by atoms with van der Waals surface area (Å²) in [7, 11) is 0. The molecule has 1 aliphatic carbocycles. The maximum Gasteiger partial charge on any atom is 0.176 e. The summed E-state index contributed by atoms with van der Waals surface area (Å²) < 4.78 is 1.12. The van der Waals surface area contributed by atoms with Gasteiger partial charge in [-0.2, -0.15) is 0 Å². The van der Waals surface area contributed by atoms with Crippen molar-refractivity contribution in [1.29, 1.82) is 0 Å². The predicted molar refractivity (Wildman–Crippen MR) is 58.7 cm³/mol. The summed E-state index contributed by atoms with van der Waals surface area (Å²) in [4.78, 5) is 12.7. The first-order valence-electron chi connectivity index (χ1n) is 4.06. The fourth-order valence-corrected chi connectivity index (χ4v) is 3.20. The lowest BCUT2D eigenvalue weighted by atomic mass is 9.82. The molecule has 3 heteroatoms. The average molecular weight is 292 g/mol. The van der Waals surface area contributed by atoms with Crippen LogP contribution in [-0.4, -0.2) is 5.78 Å². The van der Waals surface area contributed by atoms with Gasteiger partial charge in [0.1, 0.15) is 0 Å². The lowest BCUT2D eigenvalue weighted by Gasteiger charge is -2.23. The Kier molecular flexibility index (Phi) is 2.50. The van der Waals surface area contributed by atoms with E-state index in [1.807, 2.05) is 11.4 Å². The van der Waals surface area contributed by atoms with Gasteiger partial charge in [0.25, 0.3) is 0 Å².